The molecule has 0 unspecified atom stereocenters. The number of nitrogens with two attached hydrogens (primary N) is 3. The number of nitrogens with zero attached hydrogens (tertiary/aromatic N) is 2. The van der Waals surface area contributed by atoms with Gasteiger partial charge in [-0.1, -0.05) is 24.3 Å². The summed E-state index contributed by atoms with van der Waals surface area (Å²) in [5.74, 6) is -2.52. The van der Waals surface area contributed by atoms with Crippen LogP contribution in [0.2, 0.25) is 0 Å². The fraction of sp³-hybridized carbons (Fsp3) is 0.304. The zero-order chi connectivity index (χ0) is 25.0. The van der Waals surface area contributed by atoms with Gasteiger partial charge < -0.3 is 32.7 Å². The van der Waals surface area contributed by atoms with Crippen molar-refractivity contribution in [2.75, 3.05) is 18.9 Å². The molecule has 2 aromatic rings. The second kappa shape index (κ2) is 10.2. The van der Waals surface area contributed by atoms with E-state index in [0.29, 0.717) is 18.5 Å². The van der Waals surface area contributed by atoms with Gasteiger partial charge in [0.2, 0.25) is 0 Å². The van der Waals surface area contributed by atoms with Crippen molar-refractivity contribution in [3.8, 4) is 0 Å². The van der Waals surface area contributed by atoms with Crippen molar-refractivity contribution >= 4 is 29.4 Å². The van der Waals surface area contributed by atoms with Crippen LogP contribution in [-0.2, 0) is 22.6 Å². The number of fused-ring (bicyclic) bond motifs is 1. The minimum Gasteiger partial charge on any atom is -0.370 e. The lowest BCUT2D eigenvalue weighted by Crippen LogP contribution is -2.40. The maximum Gasteiger partial charge on any atom is 0.313 e. The molecule has 2 atom stereocenters. The number of hydrogen-bond donors (Lipinski definition) is 6. The molecule has 0 saturated carbocycles. The molecular formula is C23H29FN8O2. The first-order chi connectivity index (χ1) is 16.0. The van der Waals surface area contributed by atoms with Crippen LogP contribution >= 0.6 is 0 Å². The van der Waals surface area contributed by atoms with E-state index in [1.807, 2.05) is 18.2 Å². The van der Waals surface area contributed by atoms with Crippen LogP contribution in [0.25, 0.3) is 0 Å². The molecule has 0 heterocycles. The van der Waals surface area contributed by atoms with Crippen LogP contribution in [0.4, 0.5) is 10.1 Å². The Morgan fingerprint density at radius 3 is 2.56 bits per heavy atom. The number of hydrogen-bond acceptors (Lipinski definition) is 4. The van der Waals surface area contributed by atoms with Gasteiger partial charge in [-0.2, -0.15) is 0 Å². The minimum atomic E-state index is -0.906. The molecule has 1 aliphatic rings. The molecule has 0 saturated heterocycles. The lowest BCUT2D eigenvalue weighted by atomic mass is 10.0. The lowest BCUT2D eigenvalue weighted by molar-refractivity contribution is -0.136. The van der Waals surface area contributed by atoms with Crippen molar-refractivity contribution in [2.45, 2.75) is 25.9 Å². The Morgan fingerprint density at radius 1 is 1.18 bits per heavy atom. The van der Waals surface area contributed by atoms with Crippen LogP contribution in [-0.4, -0.2) is 42.2 Å². The van der Waals surface area contributed by atoms with Gasteiger partial charge in [-0.25, -0.2) is 4.39 Å². The number of benzene rings is 2. The van der Waals surface area contributed by atoms with E-state index in [0.717, 1.165) is 22.8 Å². The minimum absolute atomic E-state index is 0.0456. The number of carbonyl (C=O) groups excluding carboxylic acids is 2. The molecule has 0 radical (unpaired) electrons. The van der Waals surface area contributed by atoms with Crippen molar-refractivity contribution < 1.29 is 14.0 Å². The number of halogens is 1. The smallest absolute Gasteiger partial charge is 0.313 e. The Balaban J connectivity index is 1.78. The fourth-order valence-electron chi connectivity index (χ4n) is 3.90. The van der Waals surface area contributed by atoms with Gasteiger partial charge in [-0.3, -0.25) is 20.0 Å². The van der Waals surface area contributed by atoms with Crippen molar-refractivity contribution in [1.29, 1.82) is 5.41 Å². The number of anilines is 1. The summed E-state index contributed by atoms with van der Waals surface area (Å²) < 4.78 is 13.8. The number of amides is 2. The zero-order valence-corrected chi connectivity index (χ0v) is 19.1. The number of carbonyl (C=O) groups is 2. The molecule has 3 rings (SSSR count). The summed E-state index contributed by atoms with van der Waals surface area (Å²) in [6.45, 7) is 2.31. The first-order valence-electron chi connectivity index (χ1n) is 10.7. The van der Waals surface area contributed by atoms with E-state index in [2.05, 4.69) is 15.6 Å². The van der Waals surface area contributed by atoms with Crippen LogP contribution in [0.15, 0.2) is 41.4 Å². The molecule has 9 N–H and O–H groups in total. The van der Waals surface area contributed by atoms with Crippen LogP contribution in [0, 0.1) is 24.1 Å². The van der Waals surface area contributed by atoms with Crippen molar-refractivity contribution in [3.05, 3.63) is 64.5 Å². The highest BCUT2D eigenvalue weighted by molar-refractivity contribution is 6.39. The molecule has 0 aromatic heterocycles. The molecule has 0 spiro atoms. The molecule has 0 aliphatic heterocycles. The molecule has 0 bridgehead atoms. The molecule has 2 aromatic carbocycles. The highest BCUT2D eigenvalue weighted by atomic mass is 19.1. The normalized spacial score (nSPS) is 16.3. The second-order valence-corrected chi connectivity index (χ2v) is 8.37. The fourth-order valence-corrected chi connectivity index (χ4v) is 3.90. The molecule has 34 heavy (non-hydrogen) atoms. The van der Waals surface area contributed by atoms with Gasteiger partial charge in [0.1, 0.15) is 5.82 Å². The summed E-state index contributed by atoms with van der Waals surface area (Å²) in [5, 5.41) is 12.7. The monoisotopic (exact) mass is 468 g/mol. The Kier molecular flexibility index (Phi) is 7.34. The lowest BCUT2D eigenvalue weighted by Gasteiger charge is -2.21. The quantitative estimate of drug-likeness (QED) is 0.207. The van der Waals surface area contributed by atoms with Crippen LogP contribution in [0.5, 0.6) is 0 Å². The second-order valence-electron chi connectivity index (χ2n) is 8.37. The third kappa shape index (κ3) is 5.80. The van der Waals surface area contributed by atoms with Gasteiger partial charge >= 0.3 is 11.8 Å². The third-order valence-electron chi connectivity index (χ3n) is 5.76. The van der Waals surface area contributed by atoms with Gasteiger partial charge in [-0.05, 0) is 47.7 Å². The first-order valence-corrected chi connectivity index (χ1v) is 10.7. The van der Waals surface area contributed by atoms with Crippen molar-refractivity contribution in [1.82, 2.24) is 10.2 Å². The van der Waals surface area contributed by atoms with E-state index in [4.69, 9.17) is 22.6 Å². The van der Waals surface area contributed by atoms with E-state index in [1.165, 1.54) is 12.1 Å². The van der Waals surface area contributed by atoms with Crippen LogP contribution in [0.1, 0.15) is 28.3 Å². The molecule has 10 nitrogen and oxygen atoms in total. The Bertz CT molecular complexity index is 1150. The molecular weight excluding hydrogens is 439 g/mol. The maximum atomic E-state index is 13.8. The Hall–Kier alpha value is -4.15. The van der Waals surface area contributed by atoms with Crippen molar-refractivity contribution in [2.24, 2.45) is 28.1 Å². The van der Waals surface area contributed by atoms with Gasteiger partial charge in [0.15, 0.2) is 11.9 Å². The molecule has 0 fully saturated rings. The predicted molar refractivity (Wildman–Crippen MR) is 128 cm³/mol. The van der Waals surface area contributed by atoms with Gasteiger partial charge in [0.05, 0.1) is 6.04 Å². The number of rotatable bonds is 6. The van der Waals surface area contributed by atoms with Crippen LogP contribution in [0.3, 0.4) is 0 Å². The summed E-state index contributed by atoms with van der Waals surface area (Å²) in [7, 11) is 1.72. The van der Waals surface area contributed by atoms with Gasteiger partial charge in [0, 0.05) is 31.7 Å². The van der Waals surface area contributed by atoms with Crippen LogP contribution < -0.4 is 27.8 Å². The average Bonchev–Trinajstić information content (AvgIpc) is 3.11. The van der Waals surface area contributed by atoms with Gasteiger partial charge in [0.25, 0.3) is 0 Å². The van der Waals surface area contributed by atoms with Gasteiger partial charge in [-0.15, -0.1) is 0 Å². The van der Waals surface area contributed by atoms with E-state index in [9.17, 15) is 14.0 Å². The molecule has 180 valence electrons. The highest BCUT2D eigenvalue weighted by Gasteiger charge is 2.35. The summed E-state index contributed by atoms with van der Waals surface area (Å²) in [6, 6.07) is 9.45. The summed E-state index contributed by atoms with van der Waals surface area (Å²) in [4.78, 5) is 30.9. The summed E-state index contributed by atoms with van der Waals surface area (Å²) in [6.07, 6.45) is 0.583. The Morgan fingerprint density at radius 2 is 1.91 bits per heavy atom. The van der Waals surface area contributed by atoms with E-state index in [-0.39, 0.29) is 30.1 Å². The number of nitrogens with one attached hydrogen (secondary N) is 3. The van der Waals surface area contributed by atoms with E-state index < -0.39 is 23.7 Å². The summed E-state index contributed by atoms with van der Waals surface area (Å²) >= 11 is 0. The standard InChI is InChI=1S/C23H29FN8O2/c1-12-3-5-16(9-18(12)24)30-20(33)21(34)31-19-15(10-29-22(25)26)8-14-7-13(4-6-17(14)19)11-32(2)23(27)28/h3-7,9,15,19H,8,10-11H2,1-2H3,(H3,27,28)(H,30,33)(H,31,34)(H4,25,26,29)/t15-,19-/m1/s1. The topological polar surface area (TPSA) is 176 Å². The molecule has 11 heteroatoms. The number of guanidine groups is 2. The zero-order valence-electron chi connectivity index (χ0n) is 19.1. The Labute approximate surface area is 196 Å². The highest BCUT2D eigenvalue weighted by Crippen LogP contribution is 2.37. The molecule has 1 aliphatic carbocycles. The van der Waals surface area contributed by atoms with Crippen molar-refractivity contribution in [3.63, 3.8) is 0 Å². The van der Waals surface area contributed by atoms with E-state index in [1.54, 1.807) is 18.9 Å². The SMILES string of the molecule is Cc1ccc(NC(=O)C(=O)N[C@H]2c3ccc(CN(C)C(=N)N)cc3C[C@@H]2CN=C(N)N)cc1F. The third-order valence-corrected chi connectivity index (χ3v) is 5.76. The molecule has 2 amide bonds. The largest absolute Gasteiger partial charge is 0.370 e. The van der Waals surface area contributed by atoms with E-state index >= 15 is 0 Å². The number of aliphatic imine (C=N–C) groups is 1. The predicted octanol–water partition coefficient (Wildman–Crippen LogP) is 0.701. The first kappa shape index (κ1) is 24.5. The average molecular weight is 469 g/mol. The number of aryl methyl sites for hydroxylation is 1. The summed E-state index contributed by atoms with van der Waals surface area (Å²) in [5.41, 5.74) is 19.9. The maximum absolute atomic E-state index is 13.8.